The number of carboxylic acids is 1. The topological polar surface area (TPSA) is 66.4 Å². The summed E-state index contributed by atoms with van der Waals surface area (Å²) in [7, 11) is 0. The van der Waals surface area contributed by atoms with Crippen LogP contribution >= 0.6 is 0 Å². The maximum atomic E-state index is 11.5. The van der Waals surface area contributed by atoms with Crippen LogP contribution in [0.2, 0.25) is 0 Å². The molecule has 0 unspecified atom stereocenters. The van der Waals surface area contributed by atoms with Crippen LogP contribution in [0.25, 0.3) is 10.8 Å². The van der Waals surface area contributed by atoms with E-state index in [1.165, 1.54) is 0 Å². The molecule has 2 aromatic carbocycles. The van der Waals surface area contributed by atoms with Crippen molar-refractivity contribution >= 4 is 22.6 Å². The van der Waals surface area contributed by atoms with Gasteiger partial charge in [-0.2, -0.15) is 0 Å². The number of carbonyl (C=O) groups excluding carboxylic acids is 1. The maximum Gasteiger partial charge on any atom is 0.326 e. The van der Waals surface area contributed by atoms with Crippen LogP contribution in [-0.4, -0.2) is 23.0 Å². The molecule has 2 atom stereocenters. The third-order valence-electron chi connectivity index (χ3n) is 3.61. The van der Waals surface area contributed by atoms with E-state index in [2.05, 4.69) is 5.32 Å². The van der Waals surface area contributed by atoms with Gasteiger partial charge < -0.3 is 10.4 Å². The van der Waals surface area contributed by atoms with Gasteiger partial charge in [0.15, 0.2) is 0 Å². The standard InChI is InChI=1S/C15H13NO3/c17-13-8-12(14(16-13)15(18)19)11-7-3-5-9-4-1-2-6-10(9)11/h1-7,12,14H,8H2,(H,16,17)(H,18,19)/t12-,14-/m0/s1. The van der Waals surface area contributed by atoms with Crippen molar-refractivity contribution < 1.29 is 14.7 Å². The van der Waals surface area contributed by atoms with E-state index < -0.39 is 12.0 Å². The van der Waals surface area contributed by atoms with Gasteiger partial charge in [0.2, 0.25) is 5.91 Å². The van der Waals surface area contributed by atoms with Crippen molar-refractivity contribution in [3.63, 3.8) is 0 Å². The minimum absolute atomic E-state index is 0.203. The Morgan fingerprint density at radius 1 is 1.16 bits per heavy atom. The van der Waals surface area contributed by atoms with Crippen molar-refractivity contribution in [2.24, 2.45) is 0 Å². The van der Waals surface area contributed by atoms with Crippen LogP contribution < -0.4 is 5.32 Å². The second-order valence-corrected chi connectivity index (χ2v) is 4.76. The number of hydrogen-bond acceptors (Lipinski definition) is 2. The maximum absolute atomic E-state index is 11.5. The van der Waals surface area contributed by atoms with E-state index in [-0.39, 0.29) is 18.2 Å². The quantitative estimate of drug-likeness (QED) is 0.861. The molecule has 2 N–H and O–H groups in total. The van der Waals surface area contributed by atoms with Crippen LogP contribution in [0.15, 0.2) is 42.5 Å². The van der Waals surface area contributed by atoms with E-state index in [9.17, 15) is 14.7 Å². The molecule has 96 valence electrons. The number of fused-ring (bicyclic) bond motifs is 1. The Morgan fingerprint density at radius 2 is 1.89 bits per heavy atom. The van der Waals surface area contributed by atoms with Gasteiger partial charge in [-0.3, -0.25) is 4.79 Å². The number of carboxylic acid groups (broad SMARTS) is 1. The third kappa shape index (κ3) is 1.95. The first-order valence-electron chi connectivity index (χ1n) is 6.16. The van der Waals surface area contributed by atoms with Gasteiger partial charge in [-0.05, 0) is 16.3 Å². The summed E-state index contributed by atoms with van der Waals surface area (Å²) >= 11 is 0. The zero-order chi connectivity index (χ0) is 13.4. The van der Waals surface area contributed by atoms with Crippen LogP contribution in [0.1, 0.15) is 17.9 Å². The Balaban J connectivity index is 2.13. The molecule has 2 aromatic rings. The van der Waals surface area contributed by atoms with E-state index >= 15 is 0 Å². The number of rotatable bonds is 2. The highest BCUT2D eigenvalue weighted by atomic mass is 16.4. The molecule has 3 rings (SSSR count). The molecule has 1 saturated heterocycles. The first kappa shape index (κ1) is 11.7. The fraction of sp³-hybridized carbons (Fsp3) is 0.200. The van der Waals surface area contributed by atoms with Gasteiger partial charge in [0, 0.05) is 12.3 Å². The fourth-order valence-electron chi connectivity index (χ4n) is 2.75. The summed E-state index contributed by atoms with van der Waals surface area (Å²) in [4.78, 5) is 22.8. The largest absolute Gasteiger partial charge is 0.480 e. The summed E-state index contributed by atoms with van der Waals surface area (Å²) in [6.45, 7) is 0. The molecule has 4 heteroatoms. The van der Waals surface area contributed by atoms with Crippen LogP contribution in [-0.2, 0) is 9.59 Å². The highest BCUT2D eigenvalue weighted by Gasteiger charge is 2.38. The average molecular weight is 255 g/mol. The molecule has 0 saturated carbocycles. The molecule has 1 heterocycles. The van der Waals surface area contributed by atoms with E-state index in [1.54, 1.807) is 0 Å². The molecule has 19 heavy (non-hydrogen) atoms. The van der Waals surface area contributed by atoms with Crippen molar-refractivity contribution in [3.8, 4) is 0 Å². The minimum Gasteiger partial charge on any atom is -0.480 e. The number of benzene rings is 2. The van der Waals surface area contributed by atoms with Crippen molar-refractivity contribution in [2.75, 3.05) is 0 Å². The van der Waals surface area contributed by atoms with Crippen molar-refractivity contribution in [3.05, 3.63) is 48.0 Å². The second kappa shape index (κ2) is 4.39. The summed E-state index contributed by atoms with van der Waals surface area (Å²) < 4.78 is 0. The Labute approximate surface area is 110 Å². The lowest BCUT2D eigenvalue weighted by atomic mass is 9.88. The molecule has 1 aliphatic heterocycles. The highest BCUT2D eigenvalue weighted by molar-refractivity contribution is 5.93. The highest BCUT2D eigenvalue weighted by Crippen LogP contribution is 2.33. The molecule has 1 amide bonds. The lowest BCUT2D eigenvalue weighted by molar-refractivity contribution is -0.140. The van der Waals surface area contributed by atoms with E-state index in [0.29, 0.717) is 0 Å². The average Bonchev–Trinajstić information content (AvgIpc) is 2.80. The van der Waals surface area contributed by atoms with Gasteiger partial charge >= 0.3 is 5.97 Å². The molecule has 1 fully saturated rings. The molecular weight excluding hydrogens is 242 g/mol. The van der Waals surface area contributed by atoms with Gasteiger partial charge in [0.1, 0.15) is 6.04 Å². The predicted molar refractivity (Wildman–Crippen MR) is 70.9 cm³/mol. The summed E-state index contributed by atoms with van der Waals surface area (Å²) in [5.41, 5.74) is 0.920. The number of hydrogen-bond donors (Lipinski definition) is 2. The van der Waals surface area contributed by atoms with Gasteiger partial charge in [-0.1, -0.05) is 42.5 Å². The normalized spacial score (nSPS) is 22.4. The molecule has 0 radical (unpaired) electrons. The number of carbonyl (C=O) groups is 2. The minimum atomic E-state index is -0.983. The SMILES string of the molecule is O=C1C[C@@H](c2cccc3ccccc23)[C@@H](C(=O)O)N1. The summed E-state index contributed by atoms with van der Waals surface area (Å²) in [6, 6.07) is 12.8. The van der Waals surface area contributed by atoms with Gasteiger partial charge in [-0.15, -0.1) is 0 Å². The summed E-state index contributed by atoms with van der Waals surface area (Å²) in [5.74, 6) is -1.50. The zero-order valence-electron chi connectivity index (χ0n) is 10.2. The van der Waals surface area contributed by atoms with Crippen molar-refractivity contribution in [1.82, 2.24) is 5.32 Å². The fourth-order valence-corrected chi connectivity index (χ4v) is 2.75. The Hall–Kier alpha value is -2.36. The molecule has 0 aromatic heterocycles. The second-order valence-electron chi connectivity index (χ2n) is 4.76. The smallest absolute Gasteiger partial charge is 0.326 e. The zero-order valence-corrected chi connectivity index (χ0v) is 10.2. The van der Waals surface area contributed by atoms with Gasteiger partial charge in [0.25, 0.3) is 0 Å². The van der Waals surface area contributed by atoms with E-state index in [4.69, 9.17) is 0 Å². The molecule has 1 aliphatic rings. The monoisotopic (exact) mass is 255 g/mol. The molecule has 4 nitrogen and oxygen atoms in total. The Morgan fingerprint density at radius 3 is 2.68 bits per heavy atom. The van der Waals surface area contributed by atoms with Gasteiger partial charge in [0.05, 0.1) is 0 Å². The van der Waals surface area contributed by atoms with Crippen LogP contribution in [0.3, 0.4) is 0 Å². The van der Waals surface area contributed by atoms with Crippen LogP contribution in [0.4, 0.5) is 0 Å². The molecule has 0 bridgehead atoms. The predicted octanol–water partition coefficient (Wildman–Crippen LogP) is 1.90. The summed E-state index contributed by atoms with van der Waals surface area (Å²) in [6.07, 6.45) is 0.227. The Kier molecular flexibility index (Phi) is 2.71. The lowest BCUT2D eigenvalue weighted by Gasteiger charge is -2.17. The number of nitrogens with one attached hydrogen (secondary N) is 1. The van der Waals surface area contributed by atoms with E-state index in [1.807, 2.05) is 42.5 Å². The van der Waals surface area contributed by atoms with Crippen molar-refractivity contribution in [1.29, 1.82) is 0 Å². The number of aliphatic carboxylic acids is 1. The molecular formula is C15H13NO3. The van der Waals surface area contributed by atoms with E-state index in [0.717, 1.165) is 16.3 Å². The first-order valence-corrected chi connectivity index (χ1v) is 6.16. The first-order chi connectivity index (χ1) is 9.16. The molecule has 0 aliphatic carbocycles. The van der Waals surface area contributed by atoms with Crippen molar-refractivity contribution in [2.45, 2.75) is 18.4 Å². The van der Waals surface area contributed by atoms with Gasteiger partial charge in [-0.25, -0.2) is 4.79 Å². The Bertz CT molecular complexity index is 660. The van der Waals surface area contributed by atoms with Crippen LogP contribution in [0.5, 0.6) is 0 Å². The molecule has 0 spiro atoms. The third-order valence-corrected chi connectivity index (χ3v) is 3.61. The van der Waals surface area contributed by atoms with Crippen LogP contribution in [0, 0.1) is 0 Å². The number of amides is 1. The summed E-state index contributed by atoms with van der Waals surface area (Å²) in [5, 5.41) is 13.8. The lowest BCUT2D eigenvalue weighted by Crippen LogP contribution is -2.36.